The normalized spacial score (nSPS) is 17.1. The van der Waals surface area contributed by atoms with Crippen molar-refractivity contribution in [2.75, 3.05) is 10.8 Å². The van der Waals surface area contributed by atoms with Gasteiger partial charge >= 0.3 is 5.97 Å². The van der Waals surface area contributed by atoms with E-state index in [4.69, 9.17) is 16.7 Å². The lowest BCUT2D eigenvalue weighted by molar-refractivity contribution is -0.137. The zero-order chi connectivity index (χ0) is 16.6. The Hall–Kier alpha value is -2.05. The van der Waals surface area contributed by atoms with Crippen LogP contribution in [0.25, 0.3) is 0 Å². The molecule has 2 aromatic carbocycles. The van der Waals surface area contributed by atoms with Crippen molar-refractivity contribution in [2.45, 2.75) is 17.2 Å². The molecule has 1 aliphatic heterocycles. The van der Waals surface area contributed by atoms with Crippen LogP contribution in [0.1, 0.15) is 17.9 Å². The van der Waals surface area contributed by atoms with Crippen LogP contribution < -0.4 is 4.31 Å². The number of aliphatic carboxylic acids is 1. The van der Waals surface area contributed by atoms with Gasteiger partial charge in [0, 0.05) is 17.5 Å². The van der Waals surface area contributed by atoms with Crippen LogP contribution in [0.2, 0.25) is 5.02 Å². The van der Waals surface area contributed by atoms with Gasteiger partial charge in [-0.2, -0.15) is 0 Å². The quantitative estimate of drug-likeness (QED) is 0.918. The van der Waals surface area contributed by atoms with Crippen molar-refractivity contribution in [3.63, 3.8) is 0 Å². The Morgan fingerprint density at radius 1 is 1.22 bits per heavy atom. The van der Waals surface area contributed by atoms with Crippen molar-refractivity contribution in [3.8, 4) is 0 Å². The minimum atomic E-state index is -3.79. The van der Waals surface area contributed by atoms with Gasteiger partial charge in [0.05, 0.1) is 17.0 Å². The third-order valence-corrected chi connectivity index (χ3v) is 5.85. The molecule has 7 heteroatoms. The molecular weight excluding hydrogens is 338 g/mol. The van der Waals surface area contributed by atoms with E-state index in [1.165, 1.54) is 16.4 Å². The molecule has 0 amide bonds. The number of hydrogen-bond acceptors (Lipinski definition) is 3. The molecule has 2 aromatic rings. The van der Waals surface area contributed by atoms with E-state index in [9.17, 15) is 13.2 Å². The second kappa shape index (κ2) is 5.86. The van der Waals surface area contributed by atoms with Gasteiger partial charge in [0.1, 0.15) is 0 Å². The van der Waals surface area contributed by atoms with E-state index < -0.39 is 16.0 Å². The number of hydrogen-bond donors (Lipinski definition) is 1. The van der Waals surface area contributed by atoms with Crippen molar-refractivity contribution < 1.29 is 18.3 Å². The van der Waals surface area contributed by atoms with E-state index in [2.05, 4.69) is 0 Å². The van der Waals surface area contributed by atoms with Crippen LogP contribution in [-0.4, -0.2) is 26.0 Å². The Kier molecular flexibility index (Phi) is 4.04. The standard InChI is InChI=1S/C16H14ClNO4S/c17-12-4-3-5-13(9-12)23(21,22)18-10-11(8-16(19)20)14-6-1-2-7-15(14)18/h1-7,9,11H,8,10H2,(H,19,20)/t11-/m1/s1. The number of sulfonamides is 1. The molecule has 1 heterocycles. The van der Waals surface area contributed by atoms with Gasteiger partial charge in [-0.05, 0) is 29.8 Å². The fraction of sp³-hybridized carbons (Fsp3) is 0.188. The van der Waals surface area contributed by atoms with E-state index in [-0.39, 0.29) is 23.8 Å². The zero-order valence-electron chi connectivity index (χ0n) is 12.0. The second-order valence-corrected chi connectivity index (χ2v) is 7.65. The molecule has 0 radical (unpaired) electrons. The third-order valence-electron chi connectivity index (χ3n) is 3.84. The summed E-state index contributed by atoms with van der Waals surface area (Å²) in [4.78, 5) is 11.1. The summed E-state index contributed by atoms with van der Waals surface area (Å²) in [5.74, 6) is -1.32. The van der Waals surface area contributed by atoms with Crippen LogP contribution in [0.4, 0.5) is 5.69 Å². The first-order valence-electron chi connectivity index (χ1n) is 6.98. The van der Waals surface area contributed by atoms with Crippen molar-refractivity contribution in [3.05, 3.63) is 59.1 Å². The van der Waals surface area contributed by atoms with Crippen LogP contribution >= 0.6 is 11.6 Å². The molecule has 1 aliphatic rings. The summed E-state index contributed by atoms with van der Waals surface area (Å²) < 4.78 is 27.1. The number of nitrogens with zero attached hydrogens (tertiary/aromatic N) is 1. The monoisotopic (exact) mass is 351 g/mol. The molecule has 0 aliphatic carbocycles. The number of para-hydroxylation sites is 1. The highest BCUT2D eigenvalue weighted by Crippen LogP contribution is 2.41. The minimum absolute atomic E-state index is 0.0933. The van der Waals surface area contributed by atoms with Crippen LogP contribution in [-0.2, 0) is 14.8 Å². The van der Waals surface area contributed by atoms with E-state index in [0.717, 1.165) is 5.56 Å². The molecule has 0 saturated carbocycles. The number of carboxylic acids is 1. The molecule has 0 unspecified atom stereocenters. The second-order valence-electron chi connectivity index (χ2n) is 5.35. The molecule has 0 saturated heterocycles. The molecule has 0 fully saturated rings. The predicted octanol–water partition coefficient (Wildman–Crippen LogP) is 3.11. The van der Waals surface area contributed by atoms with Crippen LogP contribution in [0.15, 0.2) is 53.4 Å². The molecule has 1 atom stereocenters. The Bertz CT molecular complexity index is 866. The summed E-state index contributed by atoms with van der Waals surface area (Å²) in [6.45, 7) is 0.112. The maximum atomic E-state index is 12.9. The minimum Gasteiger partial charge on any atom is -0.481 e. The molecule has 1 N–H and O–H groups in total. The van der Waals surface area contributed by atoms with Gasteiger partial charge in [0.15, 0.2) is 0 Å². The predicted molar refractivity (Wildman–Crippen MR) is 87.4 cm³/mol. The lowest BCUT2D eigenvalue weighted by Gasteiger charge is -2.20. The van der Waals surface area contributed by atoms with Gasteiger partial charge in [-0.25, -0.2) is 8.42 Å². The highest BCUT2D eigenvalue weighted by Gasteiger charge is 2.37. The van der Waals surface area contributed by atoms with E-state index in [1.54, 1.807) is 36.4 Å². The lowest BCUT2D eigenvalue weighted by Crippen LogP contribution is -2.30. The zero-order valence-corrected chi connectivity index (χ0v) is 13.6. The maximum absolute atomic E-state index is 12.9. The number of carboxylic acid groups (broad SMARTS) is 1. The Morgan fingerprint density at radius 2 is 1.96 bits per heavy atom. The van der Waals surface area contributed by atoms with Gasteiger partial charge in [0.25, 0.3) is 10.0 Å². The largest absolute Gasteiger partial charge is 0.481 e. The average Bonchev–Trinajstić information content (AvgIpc) is 2.86. The third kappa shape index (κ3) is 2.92. The number of anilines is 1. The van der Waals surface area contributed by atoms with E-state index in [1.807, 2.05) is 0 Å². The smallest absolute Gasteiger partial charge is 0.304 e. The SMILES string of the molecule is O=C(O)C[C@@H]1CN(S(=O)(=O)c2cccc(Cl)c2)c2ccccc21. The fourth-order valence-corrected chi connectivity index (χ4v) is 4.66. The summed E-state index contributed by atoms with van der Waals surface area (Å²) in [5.41, 5.74) is 1.26. The summed E-state index contributed by atoms with van der Waals surface area (Å²) in [7, 11) is -3.79. The van der Waals surface area contributed by atoms with Crippen molar-refractivity contribution >= 4 is 33.3 Å². The number of carbonyl (C=O) groups is 1. The topological polar surface area (TPSA) is 74.7 Å². The first-order chi connectivity index (χ1) is 10.9. The number of rotatable bonds is 4. The molecule has 120 valence electrons. The maximum Gasteiger partial charge on any atom is 0.304 e. The van der Waals surface area contributed by atoms with E-state index in [0.29, 0.717) is 10.7 Å². The van der Waals surface area contributed by atoms with Gasteiger partial charge in [-0.15, -0.1) is 0 Å². The van der Waals surface area contributed by atoms with Crippen LogP contribution in [0.3, 0.4) is 0 Å². The Balaban J connectivity index is 2.05. The Morgan fingerprint density at radius 3 is 2.65 bits per heavy atom. The molecule has 23 heavy (non-hydrogen) atoms. The Labute approximate surface area is 139 Å². The first-order valence-corrected chi connectivity index (χ1v) is 8.80. The highest BCUT2D eigenvalue weighted by molar-refractivity contribution is 7.92. The lowest BCUT2D eigenvalue weighted by atomic mass is 9.98. The molecule has 0 bridgehead atoms. The van der Waals surface area contributed by atoms with Gasteiger partial charge in [-0.1, -0.05) is 35.9 Å². The van der Waals surface area contributed by atoms with E-state index >= 15 is 0 Å². The first kappa shape index (κ1) is 15.8. The van der Waals surface area contributed by atoms with Crippen molar-refractivity contribution in [1.29, 1.82) is 0 Å². The van der Waals surface area contributed by atoms with Gasteiger partial charge in [-0.3, -0.25) is 9.10 Å². The van der Waals surface area contributed by atoms with Crippen LogP contribution in [0.5, 0.6) is 0 Å². The van der Waals surface area contributed by atoms with Crippen molar-refractivity contribution in [2.24, 2.45) is 0 Å². The molecule has 3 rings (SSSR count). The van der Waals surface area contributed by atoms with Crippen molar-refractivity contribution in [1.82, 2.24) is 0 Å². The average molecular weight is 352 g/mol. The highest BCUT2D eigenvalue weighted by atomic mass is 35.5. The molecule has 5 nitrogen and oxygen atoms in total. The fourth-order valence-electron chi connectivity index (χ4n) is 2.82. The summed E-state index contributed by atoms with van der Waals surface area (Å²) in [5, 5.41) is 9.39. The number of benzene rings is 2. The summed E-state index contributed by atoms with van der Waals surface area (Å²) >= 11 is 5.89. The summed E-state index contributed by atoms with van der Waals surface area (Å²) in [6, 6.07) is 13.0. The van der Waals surface area contributed by atoms with Crippen LogP contribution in [0, 0.1) is 0 Å². The molecular formula is C16H14ClNO4S. The van der Waals surface area contributed by atoms with Gasteiger partial charge < -0.3 is 5.11 Å². The summed E-state index contributed by atoms with van der Waals surface area (Å²) in [6.07, 6.45) is -0.113. The van der Waals surface area contributed by atoms with Gasteiger partial charge in [0.2, 0.25) is 0 Å². The molecule has 0 aromatic heterocycles. The number of halogens is 1. The number of fused-ring (bicyclic) bond motifs is 1. The molecule has 0 spiro atoms.